The summed E-state index contributed by atoms with van der Waals surface area (Å²) in [5, 5.41) is 10.9. The fourth-order valence-electron chi connectivity index (χ4n) is 3.94. The largest absolute Gasteiger partial charge is 1.00 e. The minimum atomic E-state index is -0.0924. The van der Waals surface area contributed by atoms with Gasteiger partial charge in [0.05, 0.1) is 20.7 Å². The van der Waals surface area contributed by atoms with Gasteiger partial charge in [-0.05, 0) is 29.4 Å². The van der Waals surface area contributed by atoms with Crippen LogP contribution >= 0.6 is 0 Å². The summed E-state index contributed by atoms with van der Waals surface area (Å²) in [5.41, 5.74) is 3.16. The van der Waals surface area contributed by atoms with Gasteiger partial charge in [-0.25, -0.2) is 0 Å². The molecule has 0 heterocycles. The monoisotopic (exact) mass is 455 g/mol. The van der Waals surface area contributed by atoms with Gasteiger partial charge < -0.3 is 26.7 Å². The first-order valence-corrected chi connectivity index (χ1v) is 12.0. The molecule has 0 unspecified atom stereocenters. The van der Waals surface area contributed by atoms with E-state index in [0.717, 1.165) is 35.2 Å². The molecule has 0 aromatic heterocycles. The molecule has 0 amide bonds. The Kier molecular flexibility index (Phi) is 12.7. The topological polar surface area (TPSA) is 29.5 Å². The van der Waals surface area contributed by atoms with Crippen molar-refractivity contribution in [1.29, 1.82) is 0 Å². The van der Waals surface area contributed by atoms with E-state index >= 15 is 0 Å². The fourth-order valence-corrected chi connectivity index (χ4v) is 3.94. The van der Waals surface area contributed by atoms with Crippen LogP contribution in [0.3, 0.4) is 0 Å². The molecule has 0 atom stereocenters. The molecule has 182 valence electrons. The molecule has 1 aromatic carbocycles. The summed E-state index contributed by atoms with van der Waals surface area (Å²) in [4.78, 5) is 0. The van der Waals surface area contributed by atoms with E-state index in [1.54, 1.807) is 0 Å². The third kappa shape index (κ3) is 11.1. The second kappa shape index (κ2) is 13.1. The zero-order valence-corrected chi connectivity index (χ0v) is 22.7. The molecule has 0 aliphatic rings. The predicted octanol–water partition coefficient (Wildman–Crippen LogP) is 4.29. The van der Waals surface area contributed by atoms with Crippen LogP contribution in [0.1, 0.15) is 110 Å². The second-order valence-corrected chi connectivity index (χ2v) is 11.8. The molecule has 1 aromatic rings. The van der Waals surface area contributed by atoms with E-state index in [0.29, 0.717) is 12.5 Å². The van der Waals surface area contributed by atoms with Crippen LogP contribution in [0.4, 0.5) is 0 Å². The van der Waals surface area contributed by atoms with Gasteiger partial charge in [-0.2, -0.15) is 0 Å². The first kappa shape index (κ1) is 30.2. The van der Waals surface area contributed by atoms with Crippen molar-refractivity contribution in [3.05, 3.63) is 28.8 Å². The Balaban J connectivity index is 0.00000900. The minimum Gasteiger partial charge on any atom is -1.00 e. The smallest absolute Gasteiger partial charge is 0.182 e. The molecule has 1 rings (SSSR count). The average Bonchev–Trinajstić information content (AvgIpc) is 2.59. The molecule has 1 N–H and O–H groups in total. The van der Waals surface area contributed by atoms with Crippen LogP contribution in [0, 0.1) is 0 Å². The van der Waals surface area contributed by atoms with Crippen LogP contribution in [0.15, 0.2) is 12.1 Å². The van der Waals surface area contributed by atoms with E-state index < -0.39 is 0 Å². The lowest BCUT2D eigenvalue weighted by molar-refractivity contribution is -0.922. The number of unbranched alkanes of at least 4 members (excludes halogenated alkanes) is 6. The molecule has 0 saturated carbocycles. The lowest BCUT2D eigenvalue weighted by Gasteiger charge is -2.32. The Morgan fingerprint density at radius 3 is 1.71 bits per heavy atom. The molecule has 4 heteroatoms. The third-order valence-corrected chi connectivity index (χ3v) is 5.73. The van der Waals surface area contributed by atoms with Crippen molar-refractivity contribution in [2.45, 2.75) is 111 Å². The van der Waals surface area contributed by atoms with Gasteiger partial charge in [-0.3, -0.25) is 0 Å². The minimum absolute atomic E-state index is 0. The maximum atomic E-state index is 10.9. The standard InChI is InChI=1S/C27H49NO2.ClH/c1-10-11-12-13-14-15-16-17-30-21-28(8,9)20-22-18-23(26(2,3)4)25(29)24(19-22)27(5,6)7;/h18-19H,10-17,20-21H2,1-9H3;1H. The van der Waals surface area contributed by atoms with Gasteiger partial charge in [0.25, 0.3) is 0 Å². The second-order valence-electron chi connectivity index (χ2n) is 11.8. The van der Waals surface area contributed by atoms with Gasteiger partial charge in [0.15, 0.2) is 6.73 Å². The maximum absolute atomic E-state index is 10.9. The van der Waals surface area contributed by atoms with E-state index in [-0.39, 0.29) is 23.2 Å². The number of halogens is 1. The van der Waals surface area contributed by atoms with Crippen molar-refractivity contribution in [3.8, 4) is 5.75 Å². The quantitative estimate of drug-likeness (QED) is 0.289. The van der Waals surface area contributed by atoms with Crippen LogP contribution in [0.2, 0.25) is 0 Å². The highest BCUT2D eigenvalue weighted by Gasteiger charge is 2.28. The molecule has 0 aliphatic carbocycles. The van der Waals surface area contributed by atoms with Crippen molar-refractivity contribution < 1.29 is 26.7 Å². The Morgan fingerprint density at radius 2 is 1.26 bits per heavy atom. The molecule has 0 fully saturated rings. The zero-order chi connectivity index (χ0) is 23.0. The van der Waals surface area contributed by atoms with Crippen molar-refractivity contribution in [1.82, 2.24) is 0 Å². The third-order valence-electron chi connectivity index (χ3n) is 5.73. The number of hydrogen-bond acceptors (Lipinski definition) is 2. The van der Waals surface area contributed by atoms with Gasteiger partial charge in [0.2, 0.25) is 0 Å². The first-order valence-electron chi connectivity index (χ1n) is 12.0. The number of rotatable bonds is 12. The van der Waals surface area contributed by atoms with Crippen LogP contribution < -0.4 is 12.4 Å². The molecular weight excluding hydrogens is 406 g/mol. The van der Waals surface area contributed by atoms with Crippen LogP contribution in [-0.4, -0.2) is 37.0 Å². The summed E-state index contributed by atoms with van der Waals surface area (Å²) in [6, 6.07) is 4.39. The van der Waals surface area contributed by atoms with E-state index in [1.165, 1.54) is 44.1 Å². The molecular formula is C27H50ClNO2. The fraction of sp³-hybridized carbons (Fsp3) is 0.778. The molecule has 0 saturated heterocycles. The number of phenols is 1. The zero-order valence-electron chi connectivity index (χ0n) is 21.9. The van der Waals surface area contributed by atoms with Crippen LogP contribution in [0.25, 0.3) is 0 Å². The van der Waals surface area contributed by atoms with Crippen LogP contribution in [0.5, 0.6) is 5.75 Å². The highest BCUT2D eigenvalue weighted by atomic mass is 35.5. The number of quaternary nitrogens is 1. The molecule has 0 radical (unpaired) electrons. The van der Waals surface area contributed by atoms with Gasteiger partial charge in [-0.1, -0.05) is 87.0 Å². The van der Waals surface area contributed by atoms with Crippen LogP contribution in [-0.2, 0) is 22.1 Å². The van der Waals surface area contributed by atoms with Gasteiger partial charge in [-0.15, -0.1) is 0 Å². The SMILES string of the molecule is CCCCCCCCCOC[N+](C)(C)Cc1cc(C(C)(C)C)c(O)c(C(C)(C)C)c1.[Cl-]. The lowest BCUT2D eigenvalue weighted by Crippen LogP contribution is -3.00. The van der Waals surface area contributed by atoms with Gasteiger partial charge in [0.1, 0.15) is 12.3 Å². The number of ether oxygens (including phenoxy) is 1. The highest BCUT2D eigenvalue weighted by molar-refractivity contribution is 5.49. The van der Waals surface area contributed by atoms with Crippen molar-refractivity contribution >= 4 is 0 Å². The maximum Gasteiger partial charge on any atom is 0.182 e. The molecule has 0 aliphatic heterocycles. The average molecular weight is 456 g/mol. The molecule has 0 bridgehead atoms. The first-order chi connectivity index (χ1) is 13.8. The summed E-state index contributed by atoms with van der Waals surface area (Å²) >= 11 is 0. The summed E-state index contributed by atoms with van der Waals surface area (Å²) in [6.07, 6.45) is 9.19. The number of aromatic hydroxyl groups is 1. The number of nitrogens with zero attached hydrogens (tertiary/aromatic N) is 1. The summed E-state index contributed by atoms with van der Waals surface area (Å²) in [5.74, 6) is 0.458. The van der Waals surface area contributed by atoms with Crippen molar-refractivity contribution in [2.24, 2.45) is 0 Å². The van der Waals surface area contributed by atoms with E-state index in [4.69, 9.17) is 4.74 Å². The summed E-state index contributed by atoms with van der Waals surface area (Å²) in [6.45, 7) is 17.7. The molecule has 31 heavy (non-hydrogen) atoms. The van der Waals surface area contributed by atoms with Crippen molar-refractivity contribution in [3.63, 3.8) is 0 Å². The lowest BCUT2D eigenvalue weighted by atomic mass is 9.78. The highest BCUT2D eigenvalue weighted by Crippen LogP contribution is 2.40. The Hall–Kier alpha value is -0.770. The number of benzene rings is 1. The van der Waals surface area contributed by atoms with Crippen molar-refractivity contribution in [2.75, 3.05) is 27.4 Å². The Bertz CT molecular complexity index is 607. The summed E-state index contributed by atoms with van der Waals surface area (Å²) < 4.78 is 6.83. The van der Waals surface area contributed by atoms with E-state index in [1.807, 2.05) is 0 Å². The Labute approximate surface area is 199 Å². The van der Waals surface area contributed by atoms with Gasteiger partial charge >= 0.3 is 0 Å². The number of phenolic OH excluding ortho intramolecular Hbond substituents is 1. The van der Waals surface area contributed by atoms with Gasteiger partial charge in [0, 0.05) is 16.7 Å². The Morgan fingerprint density at radius 1 is 0.806 bits per heavy atom. The van der Waals surface area contributed by atoms with E-state index in [2.05, 4.69) is 74.7 Å². The summed E-state index contributed by atoms with van der Waals surface area (Å²) in [7, 11) is 4.45. The number of hydrogen-bond donors (Lipinski definition) is 1. The molecule has 3 nitrogen and oxygen atoms in total. The van der Waals surface area contributed by atoms with E-state index in [9.17, 15) is 5.11 Å². The molecule has 0 spiro atoms. The normalized spacial score (nSPS) is 12.7. The predicted molar refractivity (Wildman–Crippen MR) is 130 cm³/mol.